The van der Waals surface area contributed by atoms with Crippen LogP contribution in [0.2, 0.25) is 5.15 Å². The van der Waals surface area contributed by atoms with Gasteiger partial charge in [0, 0.05) is 19.5 Å². The number of hydrogen-bond acceptors (Lipinski definition) is 8. The van der Waals surface area contributed by atoms with Crippen LogP contribution in [0.4, 0.5) is 0 Å². The van der Waals surface area contributed by atoms with E-state index in [0.29, 0.717) is 46.0 Å². The maximum absolute atomic E-state index is 11.7. The van der Waals surface area contributed by atoms with Gasteiger partial charge in [0.05, 0.1) is 24.1 Å². The fraction of sp³-hybridized carbons (Fsp3) is 0.824. The molecule has 9 nitrogen and oxygen atoms in total. The van der Waals surface area contributed by atoms with Gasteiger partial charge < -0.3 is 25.3 Å². The van der Waals surface area contributed by atoms with Crippen molar-refractivity contribution >= 4 is 35.2 Å². The van der Waals surface area contributed by atoms with Crippen LogP contribution in [0.3, 0.4) is 0 Å². The van der Waals surface area contributed by atoms with Crippen molar-refractivity contribution < 1.29 is 30.0 Å². The number of fused-ring (bicyclic) bond motifs is 5. The second kappa shape index (κ2) is 15.2. The van der Waals surface area contributed by atoms with Crippen molar-refractivity contribution in [3.05, 3.63) is 17.3 Å². The molecule has 1 amide bonds. The first kappa shape index (κ1) is 36.4. The Hall–Kier alpha value is -1.46. The SMILES string of the molecule is CCN(CC)C(=O)CSc1ccc(Cl)nn1.C[C@H](CCC(=O)O)[C@H]1CC[C@H]2[C@@H]3[C@H](O)C[C@@H]4C[C@H](O)CC[C@]4(C)[C@H]3C[C@H](O)[C@]12C. The third kappa shape index (κ3) is 7.66. The molecule has 4 aliphatic carbocycles. The van der Waals surface area contributed by atoms with E-state index in [-0.39, 0.29) is 47.2 Å². The third-order valence-electron chi connectivity index (χ3n) is 12.4. The highest BCUT2D eigenvalue weighted by Gasteiger charge is 2.65. The molecule has 4 N–H and O–H groups in total. The summed E-state index contributed by atoms with van der Waals surface area (Å²) in [4.78, 5) is 24.5. The number of aliphatic carboxylic acids is 1. The van der Waals surface area contributed by atoms with E-state index in [2.05, 4.69) is 31.0 Å². The number of aliphatic hydroxyl groups excluding tert-OH is 3. The normalized spacial score (nSPS) is 37.7. The molecule has 1 aromatic heterocycles. The topological polar surface area (TPSA) is 144 Å². The predicted molar refractivity (Wildman–Crippen MR) is 176 cm³/mol. The maximum Gasteiger partial charge on any atom is 0.303 e. The number of carbonyl (C=O) groups excluding carboxylic acids is 1. The molecule has 0 aliphatic heterocycles. The van der Waals surface area contributed by atoms with E-state index in [9.17, 15) is 24.9 Å². The summed E-state index contributed by atoms with van der Waals surface area (Å²) in [7, 11) is 0. The Morgan fingerprint density at radius 2 is 1.76 bits per heavy atom. The van der Waals surface area contributed by atoms with Gasteiger partial charge in [-0.2, -0.15) is 0 Å². The quantitative estimate of drug-likeness (QED) is 0.250. The summed E-state index contributed by atoms with van der Waals surface area (Å²) >= 11 is 6.98. The average molecular weight is 668 g/mol. The lowest BCUT2D eigenvalue weighted by Crippen LogP contribution is -2.62. The number of aliphatic hydroxyl groups is 3. The number of nitrogens with zero attached hydrogens (tertiary/aromatic N) is 3. The van der Waals surface area contributed by atoms with Crippen molar-refractivity contribution in [3.63, 3.8) is 0 Å². The molecule has 11 heteroatoms. The van der Waals surface area contributed by atoms with Crippen LogP contribution in [0.1, 0.15) is 92.4 Å². The zero-order valence-corrected chi connectivity index (χ0v) is 29.1. The van der Waals surface area contributed by atoms with E-state index < -0.39 is 12.1 Å². The number of amides is 1. The number of carboxylic acid groups (broad SMARTS) is 1. The highest BCUT2D eigenvalue weighted by molar-refractivity contribution is 7.99. The molecule has 1 heterocycles. The van der Waals surface area contributed by atoms with Crippen molar-refractivity contribution in [1.82, 2.24) is 15.1 Å². The lowest BCUT2D eigenvalue weighted by atomic mass is 9.43. The van der Waals surface area contributed by atoms with Crippen LogP contribution in [0.5, 0.6) is 0 Å². The van der Waals surface area contributed by atoms with Gasteiger partial charge in [-0.1, -0.05) is 44.1 Å². The maximum atomic E-state index is 11.7. The second-order valence-corrected chi connectivity index (χ2v) is 15.9. The summed E-state index contributed by atoms with van der Waals surface area (Å²) in [5.41, 5.74) is -0.143. The van der Waals surface area contributed by atoms with E-state index in [4.69, 9.17) is 16.7 Å². The summed E-state index contributed by atoms with van der Waals surface area (Å²) in [5, 5.41) is 50.7. The van der Waals surface area contributed by atoms with Crippen LogP contribution in [0.15, 0.2) is 17.2 Å². The molecule has 1 aromatic rings. The zero-order valence-electron chi connectivity index (χ0n) is 27.6. The van der Waals surface area contributed by atoms with Crippen molar-refractivity contribution in [2.45, 2.75) is 116 Å². The Kier molecular flexibility index (Phi) is 12.3. The van der Waals surface area contributed by atoms with Gasteiger partial charge in [-0.05, 0) is 124 Å². The standard InChI is InChI=1S/C24H40O5.C10H14ClN3OS/c1-13(4-7-21(28)29)16-5-6-17-22-18(12-20(27)24(16,17)3)23(2)9-8-15(25)10-14(23)11-19(22)26;1-3-14(4-2)10(15)7-16-9-6-5-8(11)12-13-9/h13-20,22,25-27H,4-12H2,1-3H3,(H,28,29);5-6H,3-4,7H2,1-2H3/t13-,14+,15-,16-,17+,18+,19-,20+,22+,23+,24-;/m1./s1. The lowest BCUT2D eigenvalue weighted by Gasteiger charge is -2.63. The largest absolute Gasteiger partial charge is 0.481 e. The highest BCUT2D eigenvalue weighted by atomic mass is 35.5. The first-order valence-corrected chi connectivity index (χ1v) is 18.3. The molecule has 254 valence electrons. The number of rotatable bonds is 9. The Balaban J connectivity index is 0.000000245. The summed E-state index contributed by atoms with van der Waals surface area (Å²) in [6.07, 6.45) is 6.00. The Labute approximate surface area is 277 Å². The van der Waals surface area contributed by atoms with E-state index in [1.807, 2.05) is 13.8 Å². The minimum Gasteiger partial charge on any atom is -0.481 e. The van der Waals surface area contributed by atoms with Gasteiger partial charge in [0.25, 0.3) is 0 Å². The molecule has 45 heavy (non-hydrogen) atoms. The van der Waals surface area contributed by atoms with Crippen molar-refractivity contribution in [1.29, 1.82) is 0 Å². The van der Waals surface area contributed by atoms with Crippen LogP contribution in [-0.2, 0) is 9.59 Å². The molecule has 5 rings (SSSR count). The molecule has 11 atom stereocenters. The fourth-order valence-electron chi connectivity index (χ4n) is 9.87. The molecule has 0 bridgehead atoms. The van der Waals surface area contributed by atoms with Gasteiger partial charge in [0.2, 0.25) is 5.91 Å². The van der Waals surface area contributed by atoms with Gasteiger partial charge in [-0.25, -0.2) is 0 Å². The summed E-state index contributed by atoms with van der Waals surface area (Å²) in [5.74, 6) is 1.50. The van der Waals surface area contributed by atoms with E-state index in [1.54, 1.807) is 17.0 Å². The van der Waals surface area contributed by atoms with Crippen LogP contribution in [0.25, 0.3) is 0 Å². The molecule has 0 aromatic carbocycles. The summed E-state index contributed by atoms with van der Waals surface area (Å²) in [6, 6.07) is 3.42. The van der Waals surface area contributed by atoms with Crippen molar-refractivity contribution in [2.75, 3.05) is 18.8 Å². The smallest absolute Gasteiger partial charge is 0.303 e. The molecule has 0 saturated heterocycles. The predicted octanol–water partition coefficient (Wildman–Crippen LogP) is 5.54. The van der Waals surface area contributed by atoms with E-state index in [1.165, 1.54) is 11.8 Å². The van der Waals surface area contributed by atoms with Crippen LogP contribution in [-0.4, -0.2) is 84.6 Å². The molecular formula is C34H54ClN3O6S. The minimum atomic E-state index is -0.748. The lowest BCUT2D eigenvalue weighted by molar-refractivity contribution is -0.207. The molecular weight excluding hydrogens is 614 g/mol. The number of aromatic nitrogens is 2. The van der Waals surface area contributed by atoms with Gasteiger partial charge in [0.15, 0.2) is 5.15 Å². The average Bonchev–Trinajstić information content (AvgIpc) is 3.36. The molecule has 4 fully saturated rings. The van der Waals surface area contributed by atoms with Gasteiger partial charge in [-0.15, -0.1) is 10.2 Å². The number of carbonyl (C=O) groups is 2. The van der Waals surface area contributed by atoms with Gasteiger partial charge in [0.1, 0.15) is 5.03 Å². The number of carboxylic acids is 1. The van der Waals surface area contributed by atoms with E-state index in [0.717, 1.165) is 58.0 Å². The van der Waals surface area contributed by atoms with Gasteiger partial charge in [-0.3, -0.25) is 9.59 Å². The third-order valence-corrected chi connectivity index (χ3v) is 13.5. The number of halogens is 1. The molecule has 0 radical (unpaired) electrons. The van der Waals surface area contributed by atoms with Crippen molar-refractivity contribution in [2.24, 2.45) is 46.3 Å². The van der Waals surface area contributed by atoms with Gasteiger partial charge >= 0.3 is 5.97 Å². The molecule has 0 unspecified atom stereocenters. The molecule has 0 spiro atoms. The Morgan fingerprint density at radius 1 is 1.04 bits per heavy atom. The van der Waals surface area contributed by atoms with Crippen LogP contribution in [0, 0.1) is 46.3 Å². The second-order valence-electron chi connectivity index (χ2n) is 14.5. The zero-order chi connectivity index (χ0) is 33.1. The molecule has 4 saturated carbocycles. The Bertz CT molecular complexity index is 1160. The molecule has 4 aliphatic rings. The summed E-state index contributed by atoms with van der Waals surface area (Å²) < 4.78 is 0. The van der Waals surface area contributed by atoms with Crippen LogP contribution >= 0.6 is 23.4 Å². The Morgan fingerprint density at radius 3 is 2.38 bits per heavy atom. The first-order valence-electron chi connectivity index (χ1n) is 16.9. The van der Waals surface area contributed by atoms with Crippen molar-refractivity contribution in [3.8, 4) is 0 Å². The number of hydrogen-bond donors (Lipinski definition) is 4. The first-order chi connectivity index (χ1) is 21.3. The van der Waals surface area contributed by atoms with E-state index >= 15 is 0 Å². The fourth-order valence-corrected chi connectivity index (χ4v) is 10.7. The minimum absolute atomic E-state index is 0.0957. The number of thioether (sulfide) groups is 1. The van der Waals surface area contributed by atoms with Crippen LogP contribution < -0.4 is 0 Å². The highest BCUT2D eigenvalue weighted by Crippen LogP contribution is 2.68. The summed E-state index contributed by atoms with van der Waals surface area (Å²) in [6.45, 7) is 12.1. The monoisotopic (exact) mass is 667 g/mol.